The van der Waals surface area contributed by atoms with Crippen molar-refractivity contribution < 1.29 is 41.8 Å². The van der Waals surface area contributed by atoms with Crippen molar-refractivity contribution in [3.8, 4) is 28.1 Å². The molecule has 2 unspecified atom stereocenters. The van der Waals surface area contributed by atoms with E-state index >= 15 is 0 Å². The standard InChI is InChI=1S/C46H52ClF3N8O6/c1-25(2)39(55-44(62)63-7)42(60)58-24-31(27-8-9-27)18-36(58)40-52-22-35(53-40)29-12-10-28(11-13-29)32-19-33(47)34(20-37(32)64-46(48,49)50)54-41(59)30-14-15-38(51-21-30)57-17-16-56(23-26(57)3)43(61)45(4,5)6/h10-15,18-22,25-27,36,39H,8-9,16-17,23-24H2,1-7H3,(H,52,53)(H,54,59)(H,55,62)/t26?,36?,39-/m0/s1. The summed E-state index contributed by atoms with van der Waals surface area (Å²) in [6.45, 7) is 13.4. The molecule has 0 bridgehead atoms. The Kier molecular flexibility index (Phi) is 13.0. The molecule has 2 aromatic carbocycles. The van der Waals surface area contributed by atoms with Crippen LogP contribution in [0.4, 0.5) is 29.5 Å². The van der Waals surface area contributed by atoms with Gasteiger partial charge in [0, 0.05) is 67.2 Å². The summed E-state index contributed by atoms with van der Waals surface area (Å²) in [5.74, 6) is -0.115. The molecule has 3 N–H and O–H groups in total. The van der Waals surface area contributed by atoms with E-state index in [1.165, 1.54) is 19.4 Å². The van der Waals surface area contributed by atoms with Crippen LogP contribution in [0.5, 0.6) is 5.75 Å². The Morgan fingerprint density at radius 1 is 0.984 bits per heavy atom. The van der Waals surface area contributed by atoms with Crippen LogP contribution in [-0.2, 0) is 14.3 Å². The number of benzene rings is 2. The summed E-state index contributed by atoms with van der Waals surface area (Å²) in [5.41, 5.74) is 2.23. The van der Waals surface area contributed by atoms with Gasteiger partial charge < -0.3 is 39.8 Å². The number of amides is 4. The first-order chi connectivity index (χ1) is 30.2. The number of aromatic amines is 1. The van der Waals surface area contributed by atoms with Gasteiger partial charge in [-0.1, -0.05) is 76.6 Å². The second kappa shape index (κ2) is 18.2. The number of hydrogen-bond acceptors (Lipinski definition) is 9. The fourth-order valence-electron chi connectivity index (χ4n) is 8.06. The summed E-state index contributed by atoms with van der Waals surface area (Å²) >= 11 is 6.61. The molecule has 340 valence electrons. The number of nitrogens with one attached hydrogen (secondary N) is 3. The number of imidazole rings is 1. The van der Waals surface area contributed by atoms with Gasteiger partial charge in [0.25, 0.3) is 5.91 Å². The van der Waals surface area contributed by atoms with Crippen molar-refractivity contribution in [2.45, 2.75) is 78.9 Å². The third-order valence-electron chi connectivity index (χ3n) is 11.6. The van der Waals surface area contributed by atoms with Crippen LogP contribution in [0.2, 0.25) is 5.02 Å². The summed E-state index contributed by atoms with van der Waals surface area (Å²) in [7, 11) is 1.24. The van der Waals surface area contributed by atoms with Crippen LogP contribution in [0.25, 0.3) is 22.4 Å². The Morgan fingerprint density at radius 3 is 2.28 bits per heavy atom. The molecule has 7 rings (SSSR count). The minimum Gasteiger partial charge on any atom is -0.453 e. The van der Waals surface area contributed by atoms with E-state index in [4.69, 9.17) is 21.3 Å². The number of halogens is 4. The number of ether oxygens (including phenoxy) is 2. The molecular formula is C46H52ClF3N8O6. The van der Waals surface area contributed by atoms with E-state index in [2.05, 4.69) is 30.2 Å². The Hall–Kier alpha value is -6.10. The molecule has 0 spiro atoms. The lowest BCUT2D eigenvalue weighted by molar-refractivity contribution is -0.274. The van der Waals surface area contributed by atoms with Crippen LogP contribution in [0.3, 0.4) is 0 Å². The second-order valence-corrected chi connectivity index (χ2v) is 18.2. The first kappa shape index (κ1) is 45.9. The molecule has 3 aliphatic rings. The van der Waals surface area contributed by atoms with Crippen LogP contribution in [-0.4, -0.2) is 100 Å². The lowest BCUT2D eigenvalue weighted by atomic mass is 9.94. The molecule has 2 aromatic heterocycles. The van der Waals surface area contributed by atoms with Crippen LogP contribution < -0.4 is 20.3 Å². The molecule has 2 aliphatic heterocycles. The zero-order valence-corrected chi connectivity index (χ0v) is 37.4. The number of anilines is 2. The largest absolute Gasteiger partial charge is 0.573 e. The van der Waals surface area contributed by atoms with Crippen LogP contribution in [0.1, 0.15) is 76.6 Å². The lowest BCUT2D eigenvalue weighted by Gasteiger charge is -2.42. The molecule has 1 saturated carbocycles. The molecule has 1 saturated heterocycles. The summed E-state index contributed by atoms with van der Waals surface area (Å²) in [6, 6.07) is 10.8. The van der Waals surface area contributed by atoms with Crippen molar-refractivity contribution in [1.29, 1.82) is 0 Å². The number of rotatable bonds is 11. The molecule has 1 aliphatic carbocycles. The highest BCUT2D eigenvalue weighted by atomic mass is 35.5. The molecule has 14 nitrogen and oxygen atoms in total. The van der Waals surface area contributed by atoms with E-state index in [-0.39, 0.29) is 45.6 Å². The van der Waals surface area contributed by atoms with Crippen molar-refractivity contribution in [3.63, 3.8) is 0 Å². The summed E-state index contributed by atoms with van der Waals surface area (Å²) < 4.78 is 50.7. The van der Waals surface area contributed by atoms with Gasteiger partial charge in [-0.15, -0.1) is 13.2 Å². The maximum Gasteiger partial charge on any atom is 0.573 e. The number of alkyl carbamates (subject to hydrolysis) is 1. The topological polar surface area (TPSA) is 162 Å². The number of nitrogens with zero attached hydrogens (tertiary/aromatic N) is 5. The van der Waals surface area contributed by atoms with E-state index in [0.29, 0.717) is 60.6 Å². The maximum atomic E-state index is 13.9. The normalized spacial score (nSPS) is 18.4. The van der Waals surface area contributed by atoms with Gasteiger partial charge in [0.05, 0.1) is 29.1 Å². The number of hydrogen-bond donors (Lipinski definition) is 3. The predicted octanol–water partition coefficient (Wildman–Crippen LogP) is 8.63. The van der Waals surface area contributed by atoms with E-state index in [0.717, 1.165) is 24.5 Å². The third kappa shape index (κ3) is 10.3. The maximum absolute atomic E-state index is 13.9. The van der Waals surface area contributed by atoms with Crippen LogP contribution in [0, 0.1) is 17.3 Å². The fraction of sp³-hybridized carbons (Fsp3) is 0.435. The molecule has 4 heterocycles. The average Bonchev–Trinajstić information content (AvgIpc) is 3.81. The van der Waals surface area contributed by atoms with Gasteiger partial charge in [-0.2, -0.15) is 0 Å². The molecule has 64 heavy (non-hydrogen) atoms. The fourth-order valence-corrected chi connectivity index (χ4v) is 8.27. The highest BCUT2D eigenvalue weighted by molar-refractivity contribution is 6.34. The molecule has 0 radical (unpaired) electrons. The lowest BCUT2D eigenvalue weighted by Crippen LogP contribution is -2.56. The molecule has 3 atom stereocenters. The highest BCUT2D eigenvalue weighted by Crippen LogP contribution is 2.44. The molecule has 4 aromatic rings. The second-order valence-electron chi connectivity index (χ2n) is 17.8. The van der Waals surface area contributed by atoms with Gasteiger partial charge in [0.1, 0.15) is 29.5 Å². The zero-order valence-electron chi connectivity index (χ0n) is 36.7. The van der Waals surface area contributed by atoms with Gasteiger partial charge in [-0.3, -0.25) is 14.4 Å². The predicted molar refractivity (Wildman–Crippen MR) is 236 cm³/mol. The van der Waals surface area contributed by atoms with Gasteiger partial charge >= 0.3 is 12.5 Å². The van der Waals surface area contributed by atoms with Gasteiger partial charge in [0.2, 0.25) is 11.8 Å². The summed E-state index contributed by atoms with van der Waals surface area (Å²) in [4.78, 5) is 70.3. The van der Waals surface area contributed by atoms with Crippen LogP contribution in [0.15, 0.2) is 72.6 Å². The molecular weight excluding hydrogens is 853 g/mol. The summed E-state index contributed by atoms with van der Waals surface area (Å²) in [5, 5.41) is 5.22. The number of pyridine rings is 1. The number of methoxy groups -OCH3 is 1. The first-order valence-corrected chi connectivity index (χ1v) is 21.5. The highest BCUT2D eigenvalue weighted by Gasteiger charge is 2.41. The quantitative estimate of drug-likeness (QED) is 0.125. The smallest absolute Gasteiger partial charge is 0.453 e. The van der Waals surface area contributed by atoms with E-state index in [1.807, 2.05) is 52.5 Å². The van der Waals surface area contributed by atoms with Gasteiger partial charge in [0.15, 0.2) is 0 Å². The van der Waals surface area contributed by atoms with Crippen molar-refractivity contribution in [2.75, 3.05) is 43.5 Å². The van der Waals surface area contributed by atoms with Gasteiger partial charge in [-0.05, 0) is 60.9 Å². The average molecular weight is 905 g/mol. The Labute approximate surface area is 374 Å². The SMILES string of the molecule is COC(=O)N[C@H](C(=O)N1CC(C2CC2)=CC1c1nc(-c2ccc(-c3cc(Cl)c(NC(=O)c4ccc(N5CCN(C(=O)C(C)(C)C)CC5C)nc4)cc3OC(F)(F)F)cc2)c[nH]1)C(C)C. The summed E-state index contributed by atoms with van der Waals surface area (Å²) in [6.07, 6.45) is 1.43. The minimum atomic E-state index is -5.06. The number of piperazine rings is 1. The van der Waals surface area contributed by atoms with Crippen molar-refractivity contribution in [1.82, 2.24) is 30.1 Å². The Morgan fingerprint density at radius 2 is 1.69 bits per heavy atom. The molecule has 2 fully saturated rings. The number of carbonyl (C=O) groups is 4. The van der Waals surface area contributed by atoms with Crippen molar-refractivity contribution in [3.05, 3.63) is 89.0 Å². The number of aromatic nitrogens is 3. The third-order valence-corrected chi connectivity index (χ3v) is 11.9. The number of carbonyl (C=O) groups excluding carboxylic acids is 4. The Bertz CT molecular complexity index is 2430. The first-order valence-electron chi connectivity index (χ1n) is 21.1. The molecule has 18 heteroatoms. The monoisotopic (exact) mass is 904 g/mol. The van der Waals surface area contributed by atoms with E-state index in [9.17, 15) is 32.3 Å². The Balaban J connectivity index is 1.07. The number of alkyl halides is 3. The van der Waals surface area contributed by atoms with E-state index < -0.39 is 41.6 Å². The van der Waals surface area contributed by atoms with Crippen molar-refractivity contribution >= 4 is 46.9 Å². The number of H-pyrrole nitrogens is 1. The zero-order chi connectivity index (χ0) is 46.2. The van der Waals surface area contributed by atoms with Crippen LogP contribution >= 0.6 is 11.6 Å². The molecule has 4 amide bonds. The van der Waals surface area contributed by atoms with Crippen molar-refractivity contribution in [2.24, 2.45) is 17.3 Å². The van der Waals surface area contributed by atoms with E-state index in [1.54, 1.807) is 47.5 Å². The minimum absolute atomic E-state index is 0.0251. The van der Waals surface area contributed by atoms with Gasteiger partial charge in [-0.25, -0.2) is 14.8 Å².